The molecule has 4 aromatic rings. The number of nitrogens with one attached hydrogen (secondary N) is 2. The Morgan fingerprint density at radius 1 is 0.875 bits per heavy atom. The Morgan fingerprint density at radius 2 is 1.56 bits per heavy atom. The zero-order chi connectivity index (χ0) is 22.5. The van der Waals surface area contributed by atoms with Gasteiger partial charge in [-0.25, -0.2) is 5.43 Å². The minimum absolute atomic E-state index is 0.0197. The molecule has 0 saturated heterocycles. The lowest BCUT2D eigenvalue weighted by Crippen LogP contribution is -2.36. The highest BCUT2D eigenvalue weighted by Gasteiger charge is 2.12. The van der Waals surface area contributed by atoms with Gasteiger partial charge in [0.25, 0.3) is 5.91 Å². The van der Waals surface area contributed by atoms with Gasteiger partial charge in [0.2, 0.25) is 0 Å². The van der Waals surface area contributed by atoms with E-state index >= 15 is 0 Å². The predicted octanol–water partition coefficient (Wildman–Crippen LogP) is 4.18. The number of carbonyl (C=O) groups is 2. The summed E-state index contributed by atoms with van der Waals surface area (Å²) in [5, 5.41) is 1.01. The number of benzene rings is 3. The molecular formula is C26H25N3O3. The number of aromatic nitrogens is 1. The molecule has 3 aromatic carbocycles. The van der Waals surface area contributed by atoms with Crippen molar-refractivity contribution in [2.75, 3.05) is 13.7 Å². The summed E-state index contributed by atoms with van der Waals surface area (Å²) >= 11 is 0. The third-order valence-corrected chi connectivity index (χ3v) is 5.33. The highest BCUT2D eigenvalue weighted by atomic mass is 16.5. The second-order valence-corrected chi connectivity index (χ2v) is 7.46. The van der Waals surface area contributed by atoms with Crippen LogP contribution in [0, 0.1) is 0 Å². The molecule has 0 radical (unpaired) electrons. The number of amides is 1. The summed E-state index contributed by atoms with van der Waals surface area (Å²) in [5.41, 5.74) is 9.47. The van der Waals surface area contributed by atoms with Crippen molar-refractivity contribution in [3.05, 3.63) is 101 Å². The van der Waals surface area contributed by atoms with Crippen LogP contribution in [-0.4, -0.2) is 29.9 Å². The van der Waals surface area contributed by atoms with Crippen molar-refractivity contribution in [1.29, 1.82) is 0 Å². The first-order chi connectivity index (χ1) is 15.6. The van der Waals surface area contributed by atoms with Gasteiger partial charge in [0.05, 0.1) is 7.11 Å². The number of nitrogens with zero attached hydrogens (tertiary/aromatic N) is 1. The van der Waals surface area contributed by atoms with Crippen molar-refractivity contribution in [3.63, 3.8) is 0 Å². The van der Waals surface area contributed by atoms with Crippen LogP contribution < -0.4 is 15.6 Å². The van der Waals surface area contributed by atoms with Gasteiger partial charge in [-0.3, -0.25) is 15.0 Å². The largest absolute Gasteiger partial charge is 0.497 e. The van der Waals surface area contributed by atoms with E-state index < -0.39 is 0 Å². The third kappa shape index (κ3) is 4.55. The van der Waals surface area contributed by atoms with Gasteiger partial charge in [-0.2, -0.15) is 0 Å². The smallest absolute Gasteiger partial charge is 0.265 e. The lowest BCUT2D eigenvalue weighted by atomic mass is 10.0. The van der Waals surface area contributed by atoms with Gasteiger partial charge in [0.1, 0.15) is 5.75 Å². The Kier molecular flexibility index (Phi) is 6.33. The molecule has 4 rings (SSSR count). The van der Waals surface area contributed by atoms with Crippen molar-refractivity contribution in [1.82, 2.24) is 15.4 Å². The first-order valence-electron chi connectivity index (χ1n) is 10.5. The van der Waals surface area contributed by atoms with Crippen molar-refractivity contribution in [2.45, 2.75) is 13.5 Å². The van der Waals surface area contributed by atoms with Crippen molar-refractivity contribution in [3.8, 4) is 5.75 Å². The Morgan fingerprint density at radius 3 is 2.25 bits per heavy atom. The average Bonchev–Trinajstić information content (AvgIpc) is 3.24. The predicted molar refractivity (Wildman–Crippen MR) is 125 cm³/mol. The maximum Gasteiger partial charge on any atom is 0.265 e. The maximum absolute atomic E-state index is 12.9. The Hall–Kier alpha value is -3.90. The number of hydrazine groups is 1. The molecule has 0 saturated carbocycles. The first-order valence-corrected chi connectivity index (χ1v) is 10.5. The molecule has 1 heterocycles. The SMILES string of the molecule is CCNNC(=O)c1ccc(Cn2ccc3cc(C(=O)c4ccc(OC)cc4)ccc32)cc1. The molecule has 0 aliphatic carbocycles. The first kappa shape index (κ1) is 21.3. The molecule has 1 amide bonds. The molecule has 162 valence electrons. The molecule has 1 aromatic heterocycles. The van der Waals surface area contributed by atoms with Crippen LogP contribution in [0.5, 0.6) is 5.75 Å². The Labute approximate surface area is 186 Å². The third-order valence-electron chi connectivity index (χ3n) is 5.33. The number of methoxy groups -OCH3 is 1. The quantitative estimate of drug-likeness (QED) is 0.327. The topological polar surface area (TPSA) is 72.4 Å². The number of ketones is 1. The van der Waals surface area contributed by atoms with Gasteiger partial charge in [-0.1, -0.05) is 19.1 Å². The van der Waals surface area contributed by atoms with E-state index in [0.29, 0.717) is 29.8 Å². The minimum atomic E-state index is -0.154. The van der Waals surface area contributed by atoms with Gasteiger partial charge in [-0.15, -0.1) is 0 Å². The van der Waals surface area contributed by atoms with Gasteiger partial charge < -0.3 is 9.30 Å². The lowest BCUT2D eigenvalue weighted by molar-refractivity contribution is 0.0933. The molecule has 0 aliphatic heterocycles. The van der Waals surface area contributed by atoms with Crippen LogP contribution in [0.2, 0.25) is 0 Å². The van der Waals surface area contributed by atoms with Crippen LogP contribution in [0.15, 0.2) is 79.0 Å². The van der Waals surface area contributed by atoms with Crippen LogP contribution in [0.1, 0.15) is 38.8 Å². The molecule has 0 spiro atoms. The standard InChI is InChI=1S/C26H25N3O3/c1-3-27-28-26(31)20-6-4-18(5-7-20)17-29-15-14-21-16-22(10-13-24(21)29)25(30)19-8-11-23(32-2)12-9-19/h4-16,27H,3,17H2,1-2H3,(H,28,31). The van der Waals surface area contributed by atoms with E-state index in [4.69, 9.17) is 4.74 Å². The fourth-order valence-corrected chi connectivity index (χ4v) is 3.59. The van der Waals surface area contributed by atoms with Crippen LogP contribution in [0.4, 0.5) is 0 Å². The van der Waals surface area contributed by atoms with E-state index in [0.717, 1.165) is 22.2 Å². The minimum Gasteiger partial charge on any atom is -0.497 e. The second kappa shape index (κ2) is 9.49. The molecular weight excluding hydrogens is 402 g/mol. The van der Waals surface area contributed by atoms with Crippen molar-refractivity contribution < 1.29 is 14.3 Å². The highest BCUT2D eigenvalue weighted by molar-refractivity contribution is 6.10. The number of hydrogen-bond acceptors (Lipinski definition) is 4. The molecule has 0 atom stereocenters. The maximum atomic E-state index is 12.9. The van der Waals surface area contributed by atoms with Gasteiger partial charge >= 0.3 is 0 Å². The summed E-state index contributed by atoms with van der Waals surface area (Å²) in [6.45, 7) is 3.26. The molecule has 0 aliphatic rings. The number of carbonyl (C=O) groups excluding carboxylic acids is 2. The van der Waals surface area contributed by atoms with E-state index in [1.54, 1.807) is 31.4 Å². The van der Waals surface area contributed by atoms with E-state index in [9.17, 15) is 9.59 Å². The fourth-order valence-electron chi connectivity index (χ4n) is 3.59. The summed E-state index contributed by atoms with van der Waals surface area (Å²) < 4.78 is 7.29. The van der Waals surface area contributed by atoms with Crippen LogP contribution >= 0.6 is 0 Å². The summed E-state index contributed by atoms with van der Waals surface area (Å²) in [6.07, 6.45) is 2.01. The molecule has 6 nitrogen and oxygen atoms in total. The molecule has 0 fully saturated rings. The van der Waals surface area contributed by atoms with Crippen molar-refractivity contribution >= 4 is 22.6 Å². The lowest BCUT2D eigenvalue weighted by Gasteiger charge is -2.09. The number of rotatable bonds is 8. The normalized spacial score (nSPS) is 10.8. The zero-order valence-electron chi connectivity index (χ0n) is 18.1. The summed E-state index contributed by atoms with van der Waals surface area (Å²) in [7, 11) is 1.60. The number of fused-ring (bicyclic) bond motifs is 1. The molecule has 0 unspecified atom stereocenters. The average molecular weight is 428 g/mol. The van der Waals surface area contributed by atoms with Crippen LogP contribution in [0.25, 0.3) is 10.9 Å². The fraction of sp³-hybridized carbons (Fsp3) is 0.154. The summed E-state index contributed by atoms with van der Waals surface area (Å²) in [5.74, 6) is 0.549. The van der Waals surface area contributed by atoms with E-state index in [1.807, 2.05) is 61.7 Å². The van der Waals surface area contributed by atoms with E-state index in [2.05, 4.69) is 15.4 Å². The van der Waals surface area contributed by atoms with E-state index in [1.165, 1.54) is 0 Å². The molecule has 32 heavy (non-hydrogen) atoms. The van der Waals surface area contributed by atoms with Gasteiger partial charge in [0, 0.05) is 46.9 Å². The van der Waals surface area contributed by atoms with Crippen LogP contribution in [-0.2, 0) is 6.54 Å². The molecule has 0 bridgehead atoms. The molecule has 2 N–H and O–H groups in total. The Balaban J connectivity index is 1.50. The van der Waals surface area contributed by atoms with E-state index in [-0.39, 0.29) is 11.7 Å². The van der Waals surface area contributed by atoms with Gasteiger partial charge in [-0.05, 0) is 66.2 Å². The van der Waals surface area contributed by atoms with Crippen LogP contribution in [0.3, 0.4) is 0 Å². The highest BCUT2D eigenvalue weighted by Crippen LogP contribution is 2.22. The molecule has 6 heteroatoms. The summed E-state index contributed by atoms with van der Waals surface area (Å²) in [4.78, 5) is 24.9. The van der Waals surface area contributed by atoms with Gasteiger partial charge in [0.15, 0.2) is 5.78 Å². The zero-order valence-corrected chi connectivity index (χ0v) is 18.1. The summed E-state index contributed by atoms with van der Waals surface area (Å²) in [6, 6.07) is 22.4. The van der Waals surface area contributed by atoms with Crippen molar-refractivity contribution in [2.24, 2.45) is 0 Å². The number of hydrogen-bond donors (Lipinski definition) is 2. The number of ether oxygens (including phenoxy) is 1. The second-order valence-electron chi connectivity index (χ2n) is 7.46. The Bertz CT molecular complexity index is 1240. The monoisotopic (exact) mass is 427 g/mol.